The van der Waals surface area contributed by atoms with Crippen LogP contribution in [0.15, 0.2) is 18.2 Å². The first-order valence-electron chi connectivity index (χ1n) is 7.92. The lowest BCUT2D eigenvalue weighted by Crippen LogP contribution is -2.17. The van der Waals surface area contributed by atoms with Crippen molar-refractivity contribution >= 4 is 23.3 Å². The van der Waals surface area contributed by atoms with E-state index in [-0.39, 0.29) is 23.7 Å². The van der Waals surface area contributed by atoms with Crippen LogP contribution in [0.3, 0.4) is 0 Å². The monoisotopic (exact) mass is 342 g/mol. The van der Waals surface area contributed by atoms with Gasteiger partial charge in [-0.3, -0.25) is 9.59 Å². The molecule has 0 aliphatic rings. The van der Waals surface area contributed by atoms with Gasteiger partial charge in [0.25, 0.3) is 0 Å². The van der Waals surface area contributed by atoms with Crippen molar-refractivity contribution in [2.75, 3.05) is 12.4 Å². The molecule has 2 rings (SSSR count). The second-order valence-electron chi connectivity index (χ2n) is 6.07. The highest BCUT2D eigenvalue weighted by molar-refractivity contribution is 6.02. The standard InChI is InChI=1S/C19H22N2O4/c1-10-6-7-11(2)14(8-10)20-16(23)9-15-17(19(24)25-5)12(3)18(21-15)13(4)22/h6-8,21H,9H2,1-5H3,(H,20,23). The fourth-order valence-corrected chi connectivity index (χ4v) is 2.75. The minimum absolute atomic E-state index is 0.0636. The maximum absolute atomic E-state index is 12.4. The summed E-state index contributed by atoms with van der Waals surface area (Å²) in [6, 6.07) is 5.78. The van der Waals surface area contributed by atoms with Gasteiger partial charge in [0.05, 0.1) is 24.8 Å². The highest BCUT2D eigenvalue weighted by Crippen LogP contribution is 2.22. The zero-order chi connectivity index (χ0) is 18.7. The molecule has 1 aromatic carbocycles. The summed E-state index contributed by atoms with van der Waals surface area (Å²) in [6.45, 7) is 6.91. The van der Waals surface area contributed by atoms with Crippen molar-refractivity contribution in [3.05, 3.63) is 51.8 Å². The molecule has 6 heteroatoms. The first kappa shape index (κ1) is 18.4. The quantitative estimate of drug-likeness (QED) is 0.645. The molecule has 1 aromatic heterocycles. The first-order chi connectivity index (χ1) is 11.7. The number of hydrogen-bond acceptors (Lipinski definition) is 4. The molecule has 0 spiro atoms. The van der Waals surface area contributed by atoms with E-state index in [4.69, 9.17) is 4.74 Å². The molecule has 0 bridgehead atoms. The van der Waals surface area contributed by atoms with Crippen LogP contribution in [0.25, 0.3) is 0 Å². The van der Waals surface area contributed by atoms with E-state index < -0.39 is 5.97 Å². The second kappa shape index (κ2) is 7.34. The number of esters is 1. The van der Waals surface area contributed by atoms with E-state index in [2.05, 4.69) is 10.3 Å². The zero-order valence-electron chi connectivity index (χ0n) is 15.1. The third-order valence-corrected chi connectivity index (χ3v) is 4.07. The SMILES string of the molecule is COC(=O)c1c(CC(=O)Nc2cc(C)ccc2C)[nH]c(C(C)=O)c1C. The Labute approximate surface area is 146 Å². The average molecular weight is 342 g/mol. The molecule has 0 radical (unpaired) electrons. The van der Waals surface area contributed by atoms with E-state index in [1.54, 1.807) is 6.92 Å². The summed E-state index contributed by atoms with van der Waals surface area (Å²) in [7, 11) is 1.27. The van der Waals surface area contributed by atoms with Crippen LogP contribution in [0.2, 0.25) is 0 Å². The number of carbonyl (C=O) groups is 3. The molecule has 0 atom stereocenters. The van der Waals surface area contributed by atoms with Gasteiger partial charge in [-0.25, -0.2) is 4.79 Å². The Morgan fingerprint density at radius 3 is 2.44 bits per heavy atom. The minimum atomic E-state index is -0.573. The number of anilines is 1. The van der Waals surface area contributed by atoms with Gasteiger partial charge in [-0.15, -0.1) is 0 Å². The Kier molecular flexibility index (Phi) is 5.41. The normalized spacial score (nSPS) is 10.4. The number of ketones is 1. The Balaban J connectivity index is 2.31. The molecule has 0 aliphatic heterocycles. The van der Waals surface area contributed by atoms with Crippen molar-refractivity contribution < 1.29 is 19.1 Å². The van der Waals surface area contributed by atoms with Gasteiger partial charge in [0.1, 0.15) is 0 Å². The molecule has 132 valence electrons. The summed E-state index contributed by atoms with van der Waals surface area (Å²) in [6.07, 6.45) is -0.0636. The maximum atomic E-state index is 12.4. The number of H-pyrrole nitrogens is 1. The number of rotatable bonds is 5. The number of hydrogen-bond donors (Lipinski definition) is 2. The number of methoxy groups -OCH3 is 1. The van der Waals surface area contributed by atoms with Gasteiger partial charge in [0, 0.05) is 18.3 Å². The third kappa shape index (κ3) is 3.96. The average Bonchev–Trinajstić information content (AvgIpc) is 2.86. The number of aromatic nitrogens is 1. The van der Waals surface area contributed by atoms with E-state index in [9.17, 15) is 14.4 Å². The largest absolute Gasteiger partial charge is 0.465 e. The number of ether oxygens (including phenoxy) is 1. The molecule has 0 saturated heterocycles. The van der Waals surface area contributed by atoms with Gasteiger partial charge in [-0.05, 0) is 43.5 Å². The lowest BCUT2D eigenvalue weighted by Gasteiger charge is -2.09. The van der Waals surface area contributed by atoms with Gasteiger partial charge in [-0.1, -0.05) is 12.1 Å². The number of nitrogens with one attached hydrogen (secondary N) is 2. The molecule has 1 heterocycles. The molecule has 1 amide bonds. The Morgan fingerprint density at radius 1 is 1.16 bits per heavy atom. The van der Waals surface area contributed by atoms with Gasteiger partial charge < -0.3 is 15.0 Å². The van der Waals surface area contributed by atoms with E-state index >= 15 is 0 Å². The molecular weight excluding hydrogens is 320 g/mol. The van der Waals surface area contributed by atoms with Crippen molar-refractivity contribution in [2.24, 2.45) is 0 Å². The van der Waals surface area contributed by atoms with E-state index in [0.29, 0.717) is 17.0 Å². The summed E-state index contributed by atoms with van der Waals surface area (Å²) >= 11 is 0. The maximum Gasteiger partial charge on any atom is 0.339 e. The molecule has 25 heavy (non-hydrogen) atoms. The minimum Gasteiger partial charge on any atom is -0.465 e. The smallest absolute Gasteiger partial charge is 0.339 e. The molecule has 0 saturated carbocycles. The molecule has 0 unspecified atom stereocenters. The summed E-state index contributed by atoms with van der Waals surface area (Å²) < 4.78 is 4.78. The molecule has 0 fully saturated rings. The molecular formula is C19H22N2O4. The third-order valence-electron chi connectivity index (χ3n) is 4.07. The van der Waals surface area contributed by atoms with Crippen molar-refractivity contribution in [2.45, 2.75) is 34.1 Å². The topological polar surface area (TPSA) is 88.3 Å². The van der Waals surface area contributed by atoms with Crippen LogP contribution >= 0.6 is 0 Å². The van der Waals surface area contributed by atoms with Crippen LogP contribution in [0, 0.1) is 20.8 Å². The van der Waals surface area contributed by atoms with Gasteiger partial charge in [0.15, 0.2) is 5.78 Å². The Morgan fingerprint density at radius 2 is 1.84 bits per heavy atom. The lowest BCUT2D eigenvalue weighted by atomic mass is 10.1. The molecule has 6 nitrogen and oxygen atoms in total. The van der Waals surface area contributed by atoms with E-state index in [1.807, 2.05) is 32.0 Å². The predicted molar refractivity (Wildman–Crippen MR) is 95.1 cm³/mol. The van der Waals surface area contributed by atoms with Crippen molar-refractivity contribution in [1.82, 2.24) is 4.98 Å². The number of carbonyl (C=O) groups excluding carboxylic acids is 3. The number of aromatic amines is 1. The van der Waals surface area contributed by atoms with E-state index in [1.165, 1.54) is 14.0 Å². The van der Waals surface area contributed by atoms with Crippen LogP contribution in [0.5, 0.6) is 0 Å². The van der Waals surface area contributed by atoms with E-state index in [0.717, 1.165) is 16.8 Å². The second-order valence-corrected chi connectivity index (χ2v) is 6.07. The van der Waals surface area contributed by atoms with Crippen LogP contribution in [0.4, 0.5) is 5.69 Å². The highest BCUT2D eigenvalue weighted by atomic mass is 16.5. The number of Topliss-reactive ketones (excluding diaryl/α,β-unsaturated/α-hetero) is 1. The molecule has 0 aliphatic carbocycles. The molecule has 2 N–H and O–H groups in total. The number of amides is 1. The van der Waals surface area contributed by atoms with Crippen LogP contribution in [0.1, 0.15) is 50.2 Å². The summed E-state index contributed by atoms with van der Waals surface area (Å²) in [5.41, 5.74) is 4.12. The van der Waals surface area contributed by atoms with Crippen LogP contribution < -0.4 is 5.32 Å². The predicted octanol–water partition coefficient (Wildman–Crippen LogP) is 3.11. The summed E-state index contributed by atoms with van der Waals surface area (Å²) in [5, 5.41) is 2.85. The summed E-state index contributed by atoms with van der Waals surface area (Å²) in [4.78, 5) is 39.1. The summed E-state index contributed by atoms with van der Waals surface area (Å²) in [5.74, 6) is -1.06. The Bertz CT molecular complexity index is 849. The zero-order valence-corrected chi connectivity index (χ0v) is 15.1. The van der Waals surface area contributed by atoms with Gasteiger partial charge in [0.2, 0.25) is 5.91 Å². The van der Waals surface area contributed by atoms with Crippen LogP contribution in [-0.4, -0.2) is 29.8 Å². The first-order valence-corrected chi connectivity index (χ1v) is 7.92. The van der Waals surface area contributed by atoms with Crippen LogP contribution in [-0.2, 0) is 16.0 Å². The molecule has 2 aromatic rings. The lowest BCUT2D eigenvalue weighted by molar-refractivity contribution is -0.115. The highest BCUT2D eigenvalue weighted by Gasteiger charge is 2.24. The van der Waals surface area contributed by atoms with Gasteiger partial charge in [-0.2, -0.15) is 0 Å². The number of benzene rings is 1. The number of aryl methyl sites for hydroxylation is 2. The Hall–Kier alpha value is -2.89. The van der Waals surface area contributed by atoms with Crippen molar-refractivity contribution in [3.63, 3.8) is 0 Å². The fourth-order valence-electron chi connectivity index (χ4n) is 2.75. The van der Waals surface area contributed by atoms with Crippen molar-refractivity contribution in [1.29, 1.82) is 0 Å². The fraction of sp³-hybridized carbons (Fsp3) is 0.316. The van der Waals surface area contributed by atoms with Gasteiger partial charge >= 0.3 is 5.97 Å². The van der Waals surface area contributed by atoms with Crippen molar-refractivity contribution in [3.8, 4) is 0 Å².